The monoisotopic (exact) mass is 249 g/mol. The molecule has 3 heteroatoms. The van der Waals surface area contributed by atoms with Crippen LogP contribution in [-0.2, 0) is 15.1 Å². The number of unbranched alkanes of at least 4 members (excludes halogenated alkanes) is 1. The standard InChI is InChI=1S/C15H23NO2/c1-4-5-11-18-15(12(2)3,14(16)17)13-9-7-6-8-10-13/h6-10,12H,4-5,11H2,1-3H3,(H2,16,17). The van der Waals surface area contributed by atoms with Crippen molar-refractivity contribution in [1.82, 2.24) is 0 Å². The molecule has 0 heterocycles. The number of benzene rings is 1. The second-order valence-corrected chi connectivity index (χ2v) is 4.82. The summed E-state index contributed by atoms with van der Waals surface area (Å²) >= 11 is 0. The first-order chi connectivity index (χ1) is 8.55. The first-order valence-electron chi connectivity index (χ1n) is 6.55. The van der Waals surface area contributed by atoms with Crippen LogP contribution in [0.5, 0.6) is 0 Å². The van der Waals surface area contributed by atoms with Gasteiger partial charge >= 0.3 is 0 Å². The molecule has 0 saturated carbocycles. The maximum absolute atomic E-state index is 12.0. The summed E-state index contributed by atoms with van der Waals surface area (Å²) in [4.78, 5) is 12.0. The van der Waals surface area contributed by atoms with Gasteiger partial charge in [-0.1, -0.05) is 57.5 Å². The molecular formula is C15H23NO2. The molecular weight excluding hydrogens is 226 g/mol. The molecule has 0 aliphatic rings. The number of carbonyl (C=O) groups is 1. The fourth-order valence-corrected chi connectivity index (χ4v) is 2.14. The number of hydrogen-bond donors (Lipinski definition) is 1. The molecule has 1 atom stereocenters. The van der Waals surface area contributed by atoms with Crippen molar-refractivity contribution in [2.45, 2.75) is 39.2 Å². The molecule has 18 heavy (non-hydrogen) atoms. The van der Waals surface area contributed by atoms with Crippen molar-refractivity contribution in [3.05, 3.63) is 35.9 Å². The van der Waals surface area contributed by atoms with Gasteiger partial charge in [0.2, 0.25) is 0 Å². The van der Waals surface area contributed by atoms with Gasteiger partial charge < -0.3 is 10.5 Å². The van der Waals surface area contributed by atoms with Crippen LogP contribution in [0.4, 0.5) is 0 Å². The minimum atomic E-state index is -1.02. The molecule has 2 N–H and O–H groups in total. The maximum atomic E-state index is 12.0. The molecule has 0 saturated heterocycles. The first-order valence-corrected chi connectivity index (χ1v) is 6.55. The van der Waals surface area contributed by atoms with E-state index in [0.717, 1.165) is 18.4 Å². The summed E-state index contributed by atoms with van der Waals surface area (Å²) in [6.07, 6.45) is 1.95. The highest BCUT2D eigenvalue weighted by molar-refractivity contribution is 5.85. The third kappa shape index (κ3) is 2.91. The summed E-state index contributed by atoms with van der Waals surface area (Å²) in [6, 6.07) is 9.52. The molecule has 1 aromatic carbocycles. The van der Waals surface area contributed by atoms with E-state index in [4.69, 9.17) is 10.5 Å². The van der Waals surface area contributed by atoms with Crippen molar-refractivity contribution in [2.24, 2.45) is 11.7 Å². The zero-order chi connectivity index (χ0) is 13.6. The molecule has 1 rings (SSSR count). The predicted molar refractivity (Wildman–Crippen MR) is 73.0 cm³/mol. The molecule has 0 aromatic heterocycles. The fourth-order valence-electron chi connectivity index (χ4n) is 2.14. The van der Waals surface area contributed by atoms with E-state index in [1.165, 1.54) is 0 Å². The lowest BCUT2D eigenvalue weighted by molar-refractivity contribution is -0.153. The summed E-state index contributed by atoms with van der Waals surface area (Å²) in [5, 5.41) is 0. The van der Waals surface area contributed by atoms with Crippen molar-refractivity contribution in [3.63, 3.8) is 0 Å². The third-order valence-electron chi connectivity index (χ3n) is 3.21. The quantitative estimate of drug-likeness (QED) is 0.755. The van der Waals surface area contributed by atoms with E-state index in [2.05, 4.69) is 6.92 Å². The van der Waals surface area contributed by atoms with Crippen molar-refractivity contribution >= 4 is 5.91 Å². The summed E-state index contributed by atoms with van der Waals surface area (Å²) < 4.78 is 5.90. The smallest absolute Gasteiger partial charge is 0.254 e. The highest BCUT2D eigenvalue weighted by atomic mass is 16.5. The van der Waals surface area contributed by atoms with Gasteiger partial charge in [0.1, 0.15) is 0 Å². The molecule has 1 unspecified atom stereocenters. The maximum Gasteiger partial charge on any atom is 0.254 e. The van der Waals surface area contributed by atoms with E-state index in [9.17, 15) is 4.79 Å². The Bertz CT molecular complexity index is 375. The lowest BCUT2D eigenvalue weighted by Crippen LogP contribution is -2.48. The van der Waals surface area contributed by atoms with E-state index in [1.807, 2.05) is 44.2 Å². The van der Waals surface area contributed by atoms with Crippen LogP contribution in [0.15, 0.2) is 30.3 Å². The number of carbonyl (C=O) groups excluding carboxylic acids is 1. The summed E-state index contributed by atoms with van der Waals surface area (Å²) in [5.74, 6) is -0.422. The third-order valence-corrected chi connectivity index (χ3v) is 3.21. The number of hydrogen-bond acceptors (Lipinski definition) is 2. The highest BCUT2D eigenvalue weighted by Crippen LogP contribution is 2.33. The molecule has 100 valence electrons. The van der Waals surface area contributed by atoms with Crippen molar-refractivity contribution in [1.29, 1.82) is 0 Å². The largest absolute Gasteiger partial charge is 0.367 e. The van der Waals surface area contributed by atoms with Crippen LogP contribution in [-0.4, -0.2) is 12.5 Å². The average Bonchev–Trinajstić information content (AvgIpc) is 2.35. The molecule has 1 amide bonds. The van der Waals surface area contributed by atoms with Crippen molar-refractivity contribution in [2.75, 3.05) is 6.61 Å². The van der Waals surface area contributed by atoms with Gasteiger partial charge in [0.05, 0.1) is 0 Å². The van der Waals surface area contributed by atoms with Crippen LogP contribution in [0.2, 0.25) is 0 Å². The second-order valence-electron chi connectivity index (χ2n) is 4.82. The van der Waals surface area contributed by atoms with Crippen LogP contribution < -0.4 is 5.73 Å². The molecule has 0 bridgehead atoms. The summed E-state index contributed by atoms with van der Waals surface area (Å²) in [6.45, 7) is 6.56. The molecule has 0 aliphatic carbocycles. The number of nitrogens with two attached hydrogens (primary N) is 1. The van der Waals surface area contributed by atoms with Crippen LogP contribution in [0.1, 0.15) is 39.2 Å². The number of ether oxygens (including phenoxy) is 1. The highest BCUT2D eigenvalue weighted by Gasteiger charge is 2.42. The lowest BCUT2D eigenvalue weighted by atomic mass is 9.82. The van der Waals surface area contributed by atoms with Crippen LogP contribution >= 0.6 is 0 Å². The topological polar surface area (TPSA) is 52.3 Å². The van der Waals surface area contributed by atoms with E-state index in [-0.39, 0.29) is 5.92 Å². The van der Waals surface area contributed by atoms with Gasteiger partial charge in [-0.15, -0.1) is 0 Å². The molecule has 0 fully saturated rings. The molecule has 0 aliphatic heterocycles. The van der Waals surface area contributed by atoms with Gasteiger partial charge in [-0.3, -0.25) is 4.79 Å². The molecule has 3 nitrogen and oxygen atoms in total. The predicted octanol–water partition coefficient (Wildman–Crippen LogP) is 2.84. The van der Waals surface area contributed by atoms with Gasteiger partial charge in [-0.25, -0.2) is 0 Å². The van der Waals surface area contributed by atoms with Crippen LogP contribution in [0.3, 0.4) is 0 Å². The van der Waals surface area contributed by atoms with E-state index < -0.39 is 11.5 Å². The fraction of sp³-hybridized carbons (Fsp3) is 0.533. The first kappa shape index (κ1) is 14.7. The minimum absolute atomic E-state index is 0.00532. The van der Waals surface area contributed by atoms with E-state index >= 15 is 0 Å². The van der Waals surface area contributed by atoms with Gasteiger partial charge in [0.15, 0.2) is 5.60 Å². The Labute approximate surface area is 109 Å². The minimum Gasteiger partial charge on any atom is -0.367 e. The Morgan fingerprint density at radius 2 is 1.94 bits per heavy atom. The molecule has 0 spiro atoms. The van der Waals surface area contributed by atoms with Crippen molar-refractivity contribution in [3.8, 4) is 0 Å². The van der Waals surface area contributed by atoms with Gasteiger partial charge in [-0.2, -0.15) is 0 Å². The van der Waals surface area contributed by atoms with Crippen molar-refractivity contribution < 1.29 is 9.53 Å². The summed E-state index contributed by atoms with van der Waals surface area (Å²) in [7, 11) is 0. The zero-order valence-electron chi connectivity index (χ0n) is 11.5. The average molecular weight is 249 g/mol. The van der Waals surface area contributed by atoms with Gasteiger partial charge in [-0.05, 0) is 17.9 Å². The zero-order valence-corrected chi connectivity index (χ0v) is 11.5. The second kappa shape index (κ2) is 6.55. The Kier molecular flexibility index (Phi) is 5.35. The Hall–Kier alpha value is -1.35. The molecule has 1 aromatic rings. The lowest BCUT2D eigenvalue weighted by Gasteiger charge is -2.35. The number of amides is 1. The SMILES string of the molecule is CCCCOC(C(N)=O)(c1ccccc1)C(C)C. The summed E-state index contributed by atoms with van der Waals surface area (Å²) in [5.41, 5.74) is 5.44. The van der Waals surface area contributed by atoms with Crippen LogP contribution in [0.25, 0.3) is 0 Å². The van der Waals surface area contributed by atoms with Gasteiger partial charge in [0, 0.05) is 6.61 Å². The Morgan fingerprint density at radius 1 is 1.33 bits per heavy atom. The Balaban J connectivity index is 3.10. The molecule has 0 radical (unpaired) electrons. The Morgan fingerprint density at radius 3 is 2.39 bits per heavy atom. The van der Waals surface area contributed by atoms with Gasteiger partial charge in [0.25, 0.3) is 5.91 Å². The van der Waals surface area contributed by atoms with E-state index in [1.54, 1.807) is 0 Å². The number of rotatable bonds is 7. The van der Waals surface area contributed by atoms with Crippen LogP contribution in [0, 0.1) is 5.92 Å². The number of primary amides is 1. The normalized spacial score (nSPS) is 14.4. The van der Waals surface area contributed by atoms with E-state index in [0.29, 0.717) is 6.61 Å².